The Bertz CT molecular complexity index is 724. The van der Waals surface area contributed by atoms with Crippen molar-refractivity contribution in [2.75, 3.05) is 0 Å². The third-order valence-electron chi connectivity index (χ3n) is 3.01. The monoisotopic (exact) mass is 324 g/mol. The molecule has 0 radical (unpaired) electrons. The molecule has 1 atom stereocenters. The van der Waals surface area contributed by atoms with E-state index < -0.39 is 10.0 Å². The number of benzene rings is 1. The predicted octanol–water partition coefficient (Wildman–Crippen LogP) is 1.82. The Morgan fingerprint density at radius 2 is 2.14 bits per heavy atom. The number of nitrogens with one attached hydrogen (secondary N) is 1. The zero-order chi connectivity index (χ0) is 15.5. The Balaban J connectivity index is 2.06. The largest absolute Gasteiger partial charge is 0.349 e. The first kappa shape index (κ1) is 15.7. The molecule has 1 amide bonds. The number of carbonyl (C=O) groups excluding carboxylic acids is 1. The lowest BCUT2D eigenvalue weighted by Gasteiger charge is -2.15. The van der Waals surface area contributed by atoms with E-state index in [-0.39, 0.29) is 16.8 Å². The van der Waals surface area contributed by atoms with E-state index in [0.29, 0.717) is 12.0 Å². The van der Waals surface area contributed by atoms with E-state index in [1.165, 1.54) is 12.1 Å². The van der Waals surface area contributed by atoms with Crippen LogP contribution in [0.4, 0.5) is 0 Å². The van der Waals surface area contributed by atoms with Gasteiger partial charge in [0, 0.05) is 0 Å². The summed E-state index contributed by atoms with van der Waals surface area (Å²) in [5.74, 6) is -0.109. The van der Waals surface area contributed by atoms with Crippen LogP contribution in [-0.4, -0.2) is 14.3 Å². The molecule has 0 bridgehead atoms. The van der Waals surface area contributed by atoms with Crippen LogP contribution in [0.1, 0.15) is 24.1 Å². The molecule has 1 heterocycles. The molecule has 0 saturated carbocycles. The Morgan fingerprint density at radius 1 is 1.38 bits per heavy atom. The van der Waals surface area contributed by atoms with Gasteiger partial charge < -0.3 is 5.32 Å². The van der Waals surface area contributed by atoms with Crippen molar-refractivity contribution in [3.05, 3.63) is 52.2 Å². The van der Waals surface area contributed by atoms with Crippen molar-refractivity contribution in [1.29, 1.82) is 0 Å². The minimum absolute atomic E-state index is 0.0407. The molecule has 112 valence electrons. The molecule has 0 aliphatic carbocycles. The average molecular weight is 324 g/mol. The Morgan fingerprint density at radius 3 is 2.76 bits per heavy atom. The maximum absolute atomic E-state index is 11.9. The molecule has 5 nitrogen and oxygen atoms in total. The van der Waals surface area contributed by atoms with E-state index in [1.54, 1.807) is 30.4 Å². The van der Waals surface area contributed by atoms with E-state index in [9.17, 15) is 13.2 Å². The lowest BCUT2D eigenvalue weighted by Crippen LogP contribution is -2.28. The van der Waals surface area contributed by atoms with Crippen molar-refractivity contribution >= 4 is 27.3 Å². The first-order chi connectivity index (χ1) is 9.86. The third kappa shape index (κ3) is 4.38. The maximum atomic E-state index is 11.9. The molecule has 1 unspecified atom stereocenters. The topological polar surface area (TPSA) is 89.3 Å². The van der Waals surface area contributed by atoms with Gasteiger partial charge in [0.15, 0.2) is 0 Å². The van der Waals surface area contributed by atoms with Crippen LogP contribution in [0.15, 0.2) is 46.0 Å². The van der Waals surface area contributed by atoms with Gasteiger partial charge in [-0.1, -0.05) is 12.1 Å². The minimum atomic E-state index is -3.74. The van der Waals surface area contributed by atoms with Crippen LogP contribution in [0, 0.1) is 0 Å². The molecule has 7 heteroatoms. The fourth-order valence-corrected chi connectivity index (χ4v) is 3.15. The molecule has 0 fully saturated rings. The van der Waals surface area contributed by atoms with Crippen molar-refractivity contribution in [3.8, 4) is 0 Å². The van der Waals surface area contributed by atoms with Crippen LogP contribution in [0.5, 0.6) is 0 Å². The average Bonchev–Trinajstić information content (AvgIpc) is 2.90. The first-order valence-electron chi connectivity index (χ1n) is 6.29. The molecule has 21 heavy (non-hydrogen) atoms. The van der Waals surface area contributed by atoms with Gasteiger partial charge in [0.25, 0.3) is 0 Å². The molecule has 0 aliphatic heterocycles. The number of hydrogen-bond donors (Lipinski definition) is 2. The van der Waals surface area contributed by atoms with Crippen molar-refractivity contribution in [2.24, 2.45) is 5.14 Å². The van der Waals surface area contributed by atoms with Crippen LogP contribution in [0.2, 0.25) is 0 Å². The molecule has 2 aromatic rings. The van der Waals surface area contributed by atoms with Gasteiger partial charge in [-0.05, 0) is 47.0 Å². The standard InChI is InChI=1S/C14H16N2O3S2/c1-10(16-14(17)7-11-5-6-20-9-11)12-3-2-4-13(8-12)21(15,18)19/h2-6,8-10H,7H2,1H3,(H,16,17)(H2,15,18,19). The van der Waals surface area contributed by atoms with Crippen molar-refractivity contribution in [1.82, 2.24) is 5.32 Å². The van der Waals surface area contributed by atoms with Crippen LogP contribution >= 0.6 is 11.3 Å². The fraction of sp³-hybridized carbons (Fsp3) is 0.214. The smallest absolute Gasteiger partial charge is 0.238 e. The Labute approximate surface area is 127 Å². The van der Waals surface area contributed by atoms with Crippen molar-refractivity contribution < 1.29 is 13.2 Å². The molecule has 3 N–H and O–H groups in total. The molecule has 2 rings (SSSR count). The SMILES string of the molecule is CC(NC(=O)Cc1ccsc1)c1cccc(S(N)(=O)=O)c1. The highest BCUT2D eigenvalue weighted by Crippen LogP contribution is 2.17. The Kier molecular flexibility index (Phi) is 4.76. The van der Waals surface area contributed by atoms with E-state index in [1.807, 2.05) is 16.8 Å². The van der Waals surface area contributed by atoms with Gasteiger partial charge in [-0.2, -0.15) is 11.3 Å². The van der Waals surface area contributed by atoms with Gasteiger partial charge in [-0.15, -0.1) is 0 Å². The molecule has 0 aliphatic rings. The lowest BCUT2D eigenvalue weighted by atomic mass is 10.1. The second-order valence-corrected chi connectivity index (χ2v) is 7.06. The number of thiophene rings is 1. The molecule has 0 saturated heterocycles. The zero-order valence-electron chi connectivity index (χ0n) is 11.4. The molecule has 1 aromatic heterocycles. The van der Waals surface area contributed by atoms with E-state index in [2.05, 4.69) is 5.32 Å². The van der Waals surface area contributed by atoms with Gasteiger partial charge in [0.2, 0.25) is 15.9 Å². The summed E-state index contributed by atoms with van der Waals surface area (Å²) < 4.78 is 22.7. The van der Waals surface area contributed by atoms with E-state index >= 15 is 0 Å². The van der Waals surface area contributed by atoms with Gasteiger partial charge in [-0.3, -0.25) is 4.79 Å². The van der Waals surface area contributed by atoms with Gasteiger partial charge >= 0.3 is 0 Å². The van der Waals surface area contributed by atoms with Crippen molar-refractivity contribution in [2.45, 2.75) is 24.3 Å². The highest BCUT2D eigenvalue weighted by atomic mass is 32.2. The maximum Gasteiger partial charge on any atom is 0.238 e. The summed E-state index contributed by atoms with van der Waals surface area (Å²) >= 11 is 1.54. The number of primary sulfonamides is 1. The number of amides is 1. The number of sulfonamides is 1. The van der Waals surface area contributed by atoms with Crippen LogP contribution < -0.4 is 10.5 Å². The summed E-state index contributed by atoms with van der Waals surface area (Å²) in [6.07, 6.45) is 0.308. The summed E-state index contributed by atoms with van der Waals surface area (Å²) in [6.45, 7) is 1.80. The van der Waals surface area contributed by atoms with Gasteiger partial charge in [-0.25, -0.2) is 13.6 Å². The van der Waals surface area contributed by atoms with Gasteiger partial charge in [0.1, 0.15) is 0 Å². The van der Waals surface area contributed by atoms with Gasteiger partial charge in [0.05, 0.1) is 17.4 Å². The second kappa shape index (κ2) is 6.38. The number of hydrogen-bond acceptors (Lipinski definition) is 4. The van der Waals surface area contributed by atoms with Crippen molar-refractivity contribution in [3.63, 3.8) is 0 Å². The molecule has 1 aromatic carbocycles. The number of nitrogens with two attached hydrogens (primary N) is 1. The molecular formula is C14H16N2O3S2. The highest BCUT2D eigenvalue weighted by molar-refractivity contribution is 7.89. The predicted molar refractivity (Wildman–Crippen MR) is 82.4 cm³/mol. The van der Waals surface area contributed by atoms with Crippen LogP contribution in [0.3, 0.4) is 0 Å². The minimum Gasteiger partial charge on any atom is -0.349 e. The quantitative estimate of drug-likeness (QED) is 0.879. The third-order valence-corrected chi connectivity index (χ3v) is 4.65. The fourth-order valence-electron chi connectivity index (χ4n) is 1.92. The molecule has 0 spiro atoms. The first-order valence-corrected chi connectivity index (χ1v) is 8.78. The Hall–Kier alpha value is -1.70. The normalized spacial score (nSPS) is 12.9. The summed E-state index contributed by atoms with van der Waals surface area (Å²) in [6, 6.07) is 7.87. The summed E-state index contributed by atoms with van der Waals surface area (Å²) in [4.78, 5) is 12.0. The number of carbonyl (C=O) groups is 1. The summed E-state index contributed by atoms with van der Waals surface area (Å²) in [7, 11) is -3.74. The summed E-state index contributed by atoms with van der Waals surface area (Å²) in [5.41, 5.74) is 1.66. The summed E-state index contributed by atoms with van der Waals surface area (Å²) in [5, 5.41) is 11.8. The van der Waals surface area contributed by atoms with Crippen LogP contribution in [-0.2, 0) is 21.2 Å². The second-order valence-electron chi connectivity index (χ2n) is 4.72. The van der Waals surface area contributed by atoms with Crippen LogP contribution in [0.25, 0.3) is 0 Å². The number of rotatable bonds is 5. The highest BCUT2D eigenvalue weighted by Gasteiger charge is 2.13. The van der Waals surface area contributed by atoms with E-state index in [0.717, 1.165) is 5.56 Å². The lowest BCUT2D eigenvalue weighted by molar-refractivity contribution is -0.121. The zero-order valence-corrected chi connectivity index (χ0v) is 13.1. The molecular weight excluding hydrogens is 308 g/mol. The van der Waals surface area contributed by atoms with E-state index in [4.69, 9.17) is 5.14 Å².